The molecule has 1 unspecified atom stereocenters. The molecule has 0 saturated heterocycles. The van der Waals surface area contributed by atoms with E-state index in [0.29, 0.717) is 17.0 Å². The molecule has 0 fully saturated rings. The third kappa shape index (κ3) is 4.40. The molecule has 1 aliphatic heterocycles. The minimum Gasteiger partial charge on any atom is -0.311 e. The third-order valence-corrected chi connectivity index (χ3v) is 5.07. The van der Waals surface area contributed by atoms with Crippen LogP contribution in [0.4, 0.5) is 26.2 Å². The second-order valence-corrected chi connectivity index (χ2v) is 7.18. The van der Waals surface area contributed by atoms with Crippen molar-refractivity contribution in [2.45, 2.75) is 6.17 Å². The number of aliphatic imine (C=N–C) groups is 1. The summed E-state index contributed by atoms with van der Waals surface area (Å²) in [6, 6.07) is 18.2. The van der Waals surface area contributed by atoms with Crippen LogP contribution in [0.2, 0.25) is 0 Å². The van der Waals surface area contributed by atoms with E-state index in [9.17, 15) is 24.1 Å². The lowest BCUT2D eigenvalue weighted by atomic mass is 10.0. The molecule has 0 bridgehead atoms. The summed E-state index contributed by atoms with van der Waals surface area (Å²) in [5, 5.41) is 15.6. The number of hydrogen-bond donors (Lipinski definition) is 2. The summed E-state index contributed by atoms with van der Waals surface area (Å²) in [6.07, 6.45) is -1.32. The number of nitro groups is 1. The fraction of sp³-hybridized carbons (Fsp3) is 0.0870. The van der Waals surface area contributed by atoms with Gasteiger partial charge >= 0.3 is 6.03 Å². The Morgan fingerprint density at radius 1 is 1.09 bits per heavy atom. The van der Waals surface area contributed by atoms with Crippen molar-refractivity contribution in [1.82, 2.24) is 5.32 Å². The number of carbonyl (C=O) groups excluding carboxylic acids is 2. The van der Waals surface area contributed by atoms with E-state index in [1.54, 1.807) is 19.2 Å². The molecule has 3 amide bonds. The number of benzene rings is 3. The Balaban J connectivity index is 1.67. The molecule has 3 aromatic carbocycles. The molecule has 0 radical (unpaired) electrons. The van der Waals surface area contributed by atoms with E-state index in [1.165, 1.54) is 4.90 Å². The number of nitrogens with one attached hydrogen (secondary N) is 2. The Kier molecular flexibility index (Phi) is 5.81. The number of urea groups is 1. The van der Waals surface area contributed by atoms with Gasteiger partial charge in [-0.05, 0) is 12.1 Å². The summed E-state index contributed by atoms with van der Waals surface area (Å²) in [5.74, 6) is -1.37. The van der Waals surface area contributed by atoms with E-state index in [-0.39, 0.29) is 0 Å². The van der Waals surface area contributed by atoms with Crippen LogP contribution in [-0.2, 0) is 4.79 Å². The van der Waals surface area contributed by atoms with Crippen LogP contribution in [0, 0.1) is 15.9 Å². The van der Waals surface area contributed by atoms with Crippen LogP contribution in [0.5, 0.6) is 0 Å². The first kappa shape index (κ1) is 21.6. The zero-order valence-corrected chi connectivity index (χ0v) is 17.4. The Bertz CT molecular complexity index is 1280. The number of non-ortho nitro benzene ring substituents is 1. The smallest absolute Gasteiger partial charge is 0.311 e. The number of amides is 3. The lowest BCUT2D eigenvalue weighted by Crippen LogP contribution is -2.47. The van der Waals surface area contributed by atoms with E-state index in [2.05, 4.69) is 15.6 Å². The predicted octanol–water partition coefficient (Wildman–Crippen LogP) is 3.70. The Morgan fingerprint density at radius 2 is 1.79 bits per heavy atom. The van der Waals surface area contributed by atoms with Gasteiger partial charge in [-0.1, -0.05) is 48.5 Å². The first-order valence-electron chi connectivity index (χ1n) is 9.87. The number of anilines is 2. The number of carbonyl (C=O) groups is 2. The lowest BCUT2D eigenvalue weighted by molar-refractivity contribution is -0.384. The molecule has 1 heterocycles. The van der Waals surface area contributed by atoms with Gasteiger partial charge in [0.1, 0.15) is 5.82 Å². The van der Waals surface area contributed by atoms with Crippen molar-refractivity contribution in [2.75, 3.05) is 17.3 Å². The van der Waals surface area contributed by atoms with Crippen molar-refractivity contribution >= 4 is 34.7 Å². The molecule has 0 aliphatic carbocycles. The van der Waals surface area contributed by atoms with Gasteiger partial charge in [-0.2, -0.15) is 0 Å². The highest BCUT2D eigenvalue weighted by atomic mass is 19.1. The zero-order valence-electron chi connectivity index (χ0n) is 17.4. The molecule has 2 N–H and O–H groups in total. The second-order valence-electron chi connectivity index (χ2n) is 7.18. The fourth-order valence-electron chi connectivity index (χ4n) is 3.45. The number of nitro benzene ring substituents is 1. The van der Waals surface area contributed by atoms with Gasteiger partial charge in [-0.15, -0.1) is 0 Å². The molecule has 1 aliphatic rings. The molecular formula is C23H18FN5O4. The number of benzodiazepines with no additional fused rings is 1. The highest BCUT2D eigenvalue weighted by molar-refractivity contribution is 6.20. The highest BCUT2D eigenvalue weighted by Crippen LogP contribution is 2.27. The Hall–Kier alpha value is -4.60. The Labute approximate surface area is 187 Å². The van der Waals surface area contributed by atoms with Gasteiger partial charge in [0.05, 0.1) is 22.0 Å². The molecule has 1 atom stereocenters. The maximum absolute atomic E-state index is 14.1. The molecule has 0 aromatic heterocycles. The van der Waals surface area contributed by atoms with Crippen molar-refractivity contribution in [3.05, 3.63) is 99.9 Å². The number of hydrogen-bond acceptors (Lipinski definition) is 5. The summed E-state index contributed by atoms with van der Waals surface area (Å²) in [6.45, 7) is 0. The molecule has 166 valence electrons. The van der Waals surface area contributed by atoms with Gasteiger partial charge in [0.2, 0.25) is 6.17 Å². The number of rotatable bonds is 4. The van der Waals surface area contributed by atoms with Crippen LogP contribution >= 0.6 is 0 Å². The molecule has 0 saturated carbocycles. The van der Waals surface area contributed by atoms with E-state index >= 15 is 0 Å². The molecule has 33 heavy (non-hydrogen) atoms. The molecular weight excluding hydrogens is 429 g/mol. The summed E-state index contributed by atoms with van der Waals surface area (Å²) < 4.78 is 14.1. The Morgan fingerprint density at radius 3 is 2.52 bits per heavy atom. The van der Waals surface area contributed by atoms with Crippen molar-refractivity contribution in [3.8, 4) is 0 Å². The first-order valence-corrected chi connectivity index (χ1v) is 9.87. The maximum atomic E-state index is 14.1. The van der Waals surface area contributed by atoms with Crippen LogP contribution in [0.1, 0.15) is 11.1 Å². The summed E-state index contributed by atoms with van der Waals surface area (Å²) in [5.41, 5.74) is 1.76. The highest BCUT2D eigenvalue weighted by Gasteiger charge is 2.31. The van der Waals surface area contributed by atoms with E-state index in [1.807, 2.05) is 42.5 Å². The van der Waals surface area contributed by atoms with Gasteiger partial charge < -0.3 is 15.5 Å². The summed E-state index contributed by atoms with van der Waals surface area (Å²) in [7, 11) is 1.57. The lowest BCUT2D eigenvalue weighted by Gasteiger charge is -2.21. The first-order chi connectivity index (χ1) is 15.8. The number of likely N-dealkylation sites (N-methyl/N-ethyl adjacent to an activating group) is 1. The van der Waals surface area contributed by atoms with Crippen LogP contribution in [0.25, 0.3) is 0 Å². The third-order valence-electron chi connectivity index (χ3n) is 5.07. The van der Waals surface area contributed by atoms with Gasteiger partial charge in [-0.3, -0.25) is 14.9 Å². The molecule has 4 rings (SSSR count). The monoisotopic (exact) mass is 447 g/mol. The maximum Gasteiger partial charge on any atom is 0.321 e. The summed E-state index contributed by atoms with van der Waals surface area (Å²) >= 11 is 0. The zero-order chi connectivity index (χ0) is 23.5. The van der Waals surface area contributed by atoms with Crippen molar-refractivity contribution in [1.29, 1.82) is 0 Å². The largest absolute Gasteiger partial charge is 0.321 e. The predicted molar refractivity (Wildman–Crippen MR) is 121 cm³/mol. The average molecular weight is 447 g/mol. The van der Waals surface area contributed by atoms with Crippen LogP contribution in [-0.4, -0.2) is 35.8 Å². The number of fused-ring (bicyclic) bond motifs is 1. The van der Waals surface area contributed by atoms with Crippen LogP contribution in [0.3, 0.4) is 0 Å². The molecule has 9 nitrogen and oxygen atoms in total. The van der Waals surface area contributed by atoms with Gasteiger partial charge in [0, 0.05) is 30.3 Å². The van der Waals surface area contributed by atoms with E-state index in [4.69, 9.17) is 0 Å². The SMILES string of the molecule is CN1C(=O)C(NC(=O)Nc2cc([N+](=O)[O-])ccc2F)N=C(c2ccccc2)c2ccccc21. The van der Waals surface area contributed by atoms with Crippen molar-refractivity contribution < 1.29 is 18.9 Å². The van der Waals surface area contributed by atoms with E-state index < -0.39 is 40.2 Å². The number of halogens is 1. The van der Waals surface area contributed by atoms with Crippen LogP contribution < -0.4 is 15.5 Å². The van der Waals surface area contributed by atoms with Gasteiger partial charge in [0.25, 0.3) is 11.6 Å². The fourth-order valence-corrected chi connectivity index (χ4v) is 3.45. The molecule has 3 aromatic rings. The minimum atomic E-state index is -1.32. The van der Waals surface area contributed by atoms with Crippen molar-refractivity contribution in [2.24, 2.45) is 4.99 Å². The number of nitrogens with zero attached hydrogens (tertiary/aromatic N) is 3. The normalized spacial score (nSPS) is 15.2. The minimum absolute atomic E-state index is 0.392. The average Bonchev–Trinajstić information content (AvgIpc) is 2.91. The quantitative estimate of drug-likeness (QED) is 0.468. The molecule has 10 heteroatoms. The van der Waals surface area contributed by atoms with E-state index in [0.717, 1.165) is 23.8 Å². The molecule has 0 spiro atoms. The van der Waals surface area contributed by atoms with Gasteiger partial charge in [-0.25, -0.2) is 14.2 Å². The topological polar surface area (TPSA) is 117 Å². The standard InChI is InChI=1S/C23H18FN5O4/c1-28-19-10-6-5-9-16(19)20(14-7-3-2-4-8-14)26-21(22(28)30)27-23(31)25-18-13-15(29(32)33)11-12-17(18)24/h2-13,21H,1H3,(H2,25,27,31). The van der Waals surface area contributed by atoms with Crippen molar-refractivity contribution in [3.63, 3.8) is 0 Å². The summed E-state index contributed by atoms with van der Waals surface area (Å²) in [4.78, 5) is 41.8. The second kappa shape index (κ2) is 8.87. The number of para-hydroxylation sites is 1. The van der Waals surface area contributed by atoms with Crippen LogP contribution in [0.15, 0.2) is 77.8 Å². The van der Waals surface area contributed by atoms with Gasteiger partial charge in [0.15, 0.2) is 0 Å².